The number of para-hydroxylation sites is 1. The number of nitrogens with one attached hydrogen (secondary N) is 2. The first kappa shape index (κ1) is 18.9. The van der Waals surface area contributed by atoms with E-state index in [1.54, 1.807) is 30.3 Å². The van der Waals surface area contributed by atoms with Gasteiger partial charge in [0.2, 0.25) is 0 Å². The molecule has 4 nitrogen and oxygen atoms in total. The average Bonchev–Trinajstić information content (AvgIpc) is 3.16. The minimum absolute atomic E-state index is 0.0829. The molecule has 3 aromatic rings. The zero-order valence-electron chi connectivity index (χ0n) is 15.6. The summed E-state index contributed by atoms with van der Waals surface area (Å²) in [5.74, 6) is -0.389. The molecule has 0 bridgehead atoms. The molecule has 0 aliphatic heterocycles. The van der Waals surface area contributed by atoms with Crippen molar-refractivity contribution in [2.45, 2.75) is 26.2 Å². The van der Waals surface area contributed by atoms with Crippen LogP contribution in [0.5, 0.6) is 0 Å². The third-order valence-electron chi connectivity index (χ3n) is 4.11. The van der Waals surface area contributed by atoms with E-state index in [9.17, 15) is 9.59 Å². The molecule has 0 spiro atoms. The molecule has 0 aliphatic rings. The topological polar surface area (TPSA) is 58.2 Å². The van der Waals surface area contributed by atoms with Crippen LogP contribution in [0, 0.1) is 0 Å². The third-order valence-corrected chi connectivity index (χ3v) is 4.98. The predicted octanol–water partition coefficient (Wildman–Crippen LogP) is 5.55. The zero-order valence-corrected chi connectivity index (χ0v) is 16.4. The minimum atomic E-state index is -0.209. The van der Waals surface area contributed by atoms with Crippen molar-refractivity contribution in [1.82, 2.24) is 0 Å². The number of carbonyl (C=O) groups excluding carboxylic acids is 2. The Kier molecular flexibility index (Phi) is 5.42. The van der Waals surface area contributed by atoms with Crippen LogP contribution in [0.3, 0.4) is 0 Å². The molecule has 0 saturated heterocycles. The molecular weight excluding hydrogens is 356 g/mol. The van der Waals surface area contributed by atoms with Crippen molar-refractivity contribution in [3.8, 4) is 0 Å². The lowest BCUT2D eigenvalue weighted by Crippen LogP contribution is -2.19. The number of thiophene rings is 1. The van der Waals surface area contributed by atoms with Gasteiger partial charge in [-0.1, -0.05) is 51.1 Å². The van der Waals surface area contributed by atoms with Crippen molar-refractivity contribution in [3.05, 3.63) is 82.0 Å². The van der Waals surface area contributed by atoms with Gasteiger partial charge in [-0.05, 0) is 46.7 Å². The van der Waals surface area contributed by atoms with Crippen LogP contribution in [-0.2, 0) is 5.41 Å². The summed E-state index contributed by atoms with van der Waals surface area (Å²) < 4.78 is 0. The number of anilines is 2. The highest BCUT2D eigenvalue weighted by Crippen LogP contribution is 2.29. The van der Waals surface area contributed by atoms with Gasteiger partial charge >= 0.3 is 0 Å². The normalized spacial score (nSPS) is 11.1. The summed E-state index contributed by atoms with van der Waals surface area (Å²) >= 11 is 1.38. The fraction of sp³-hybridized carbons (Fsp3) is 0.182. The molecule has 0 saturated carbocycles. The van der Waals surface area contributed by atoms with Crippen LogP contribution >= 0.6 is 11.3 Å². The van der Waals surface area contributed by atoms with E-state index in [4.69, 9.17) is 0 Å². The molecule has 0 aliphatic carbocycles. The van der Waals surface area contributed by atoms with Gasteiger partial charge in [0, 0.05) is 16.9 Å². The number of benzene rings is 2. The first-order chi connectivity index (χ1) is 12.8. The summed E-state index contributed by atoms with van der Waals surface area (Å²) in [7, 11) is 0. The van der Waals surface area contributed by atoms with Gasteiger partial charge in [0.05, 0.1) is 4.88 Å². The van der Waals surface area contributed by atoms with Gasteiger partial charge in [-0.3, -0.25) is 9.59 Å². The number of hydrogen-bond acceptors (Lipinski definition) is 3. The number of carbonyl (C=O) groups is 2. The van der Waals surface area contributed by atoms with Gasteiger partial charge < -0.3 is 10.6 Å². The van der Waals surface area contributed by atoms with Crippen molar-refractivity contribution >= 4 is 34.5 Å². The Labute approximate surface area is 163 Å². The smallest absolute Gasteiger partial charge is 0.265 e. The fourth-order valence-corrected chi connectivity index (χ4v) is 3.40. The van der Waals surface area contributed by atoms with Crippen LogP contribution < -0.4 is 10.6 Å². The largest absolute Gasteiger partial charge is 0.322 e. The molecule has 27 heavy (non-hydrogen) atoms. The molecule has 5 heteroatoms. The maximum Gasteiger partial charge on any atom is 0.265 e. The highest BCUT2D eigenvalue weighted by atomic mass is 32.1. The van der Waals surface area contributed by atoms with Gasteiger partial charge in [0.15, 0.2) is 0 Å². The SMILES string of the molecule is CC(C)(C)c1ccccc1NC(=O)c1cccc(NC(=O)c2cccs2)c1. The average molecular weight is 378 g/mol. The van der Waals surface area contributed by atoms with E-state index in [0.717, 1.165) is 11.3 Å². The Morgan fingerprint density at radius 2 is 1.63 bits per heavy atom. The Morgan fingerprint density at radius 3 is 2.33 bits per heavy atom. The molecule has 0 unspecified atom stereocenters. The molecule has 2 N–H and O–H groups in total. The predicted molar refractivity (Wildman–Crippen MR) is 112 cm³/mol. The summed E-state index contributed by atoms with van der Waals surface area (Å²) in [6.45, 7) is 6.33. The molecule has 0 atom stereocenters. The molecular formula is C22H22N2O2S. The van der Waals surface area contributed by atoms with Crippen LogP contribution in [-0.4, -0.2) is 11.8 Å². The van der Waals surface area contributed by atoms with Crippen molar-refractivity contribution < 1.29 is 9.59 Å². The minimum Gasteiger partial charge on any atom is -0.322 e. The van der Waals surface area contributed by atoms with E-state index in [2.05, 4.69) is 31.4 Å². The molecule has 1 aromatic heterocycles. The first-order valence-corrected chi connectivity index (χ1v) is 9.58. The fourth-order valence-electron chi connectivity index (χ4n) is 2.78. The van der Waals surface area contributed by atoms with E-state index in [1.807, 2.05) is 35.7 Å². The van der Waals surface area contributed by atoms with Gasteiger partial charge in [-0.15, -0.1) is 11.3 Å². The molecule has 0 radical (unpaired) electrons. The van der Waals surface area contributed by atoms with Gasteiger partial charge in [-0.25, -0.2) is 0 Å². The second kappa shape index (κ2) is 7.76. The van der Waals surface area contributed by atoms with Gasteiger partial charge in [0.25, 0.3) is 11.8 Å². The monoisotopic (exact) mass is 378 g/mol. The van der Waals surface area contributed by atoms with Crippen LogP contribution in [0.1, 0.15) is 46.4 Å². The summed E-state index contributed by atoms with van der Waals surface area (Å²) in [4.78, 5) is 25.6. The number of hydrogen-bond donors (Lipinski definition) is 2. The third kappa shape index (κ3) is 4.63. The molecule has 3 rings (SSSR count). The van der Waals surface area contributed by atoms with Crippen molar-refractivity contribution in [2.24, 2.45) is 0 Å². The quantitative estimate of drug-likeness (QED) is 0.625. The standard InChI is InChI=1S/C22H22N2O2S/c1-22(2,3)17-10-4-5-11-18(17)24-20(25)15-8-6-9-16(14-15)23-21(26)19-12-7-13-27-19/h4-14H,1-3H3,(H,23,26)(H,24,25). The lowest BCUT2D eigenvalue weighted by Gasteiger charge is -2.23. The van der Waals surface area contributed by atoms with E-state index in [0.29, 0.717) is 16.1 Å². The van der Waals surface area contributed by atoms with Crippen LogP contribution in [0.2, 0.25) is 0 Å². The second-order valence-electron chi connectivity index (χ2n) is 7.26. The summed E-state index contributed by atoms with van der Waals surface area (Å²) in [5, 5.41) is 7.68. The molecule has 2 amide bonds. The van der Waals surface area contributed by atoms with Crippen LogP contribution in [0.15, 0.2) is 66.0 Å². The second-order valence-corrected chi connectivity index (χ2v) is 8.21. The number of rotatable bonds is 4. The molecule has 1 heterocycles. The highest BCUT2D eigenvalue weighted by Gasteiger charge is 2.19. The Bertz CT molecular complexity index is 956. The number of amides is 2. The van der Waals surface area contributed by atoms with E-state index >= 15 is 0 Å². The highest BCUT2D eigenvalue weighted by molar-refractivity contribution is 7.12. The van der Waals surface area contributed by atoms with Crippen LogP contribution in [0.4, 0.5) is 11.4 Å². The van der Waals surface area contributed by atoms with Gasteiger partial charge in [-0.2, -0.15) is 0 Å². The van der Waals surface area contributed by atoms with Gasteiger partial charge in [0.1, 0.15) is 0 Å². The lowest BCUT2D eigenvalue weighted by molar-refractivity contribution is 0.101. The van der Waals surface area contributed by atoms with Crippen LogP contribution in [0.25, 0.3) is 0 Å². The Hall–Kier alpha value is -2.92. The molecule has 0 fully saturated rings. The zero-order chi connectivity index (χ0) is 19.4. The molecule has 138 valence electrons. The summed E-state index contributed by atoms with van der Waals surface area (Å²) in [5.41, 5.74) is 2.86. The maximum atomic E-state index is 12.7. The van der Waals surface area contributed by atoms with E-state index < -0.39 is 0 Å². The first-order valence-electron chi connectivity index (χ1n) is 8.70. The van der Waals surface area contributed by atoms with Crippen molar-refractivity contribution in [2.75, 3.05) is 10.6 Å². The summed E-state index contributed by atoms with van der Waals surface area (Å²) in [6.07, 6.45) is 0. The van der Waals surface area contributed by atoms with E-state index in [1.165, 1.54) is 11.3 Å². The summed E-state index contributed by atoms with van der Waals surface area (Å²) in [6, 6.07) is 18.3. The lowest BCUT2D eigenvalue weighted by atomic mass is 9.86. The Balaban J connectivity index is 1.78. The molecule has 2 aromatic carbocycles. The van der Waals surface area contributed by atoms with Crippen molar-refractivity contribution in [3.63, 3.8) is 0 Å². The Morgan fingerprint density at radius 1 is 0.852 bits per heavy atom. The maximum absolute atomic E-state index is 12.7. The van der Waals surface area contributed by atoms with E-state index in [-0.39, 0.29) is 17.2 Å². The van der Waals surface area contributed by atoms with Crippen molar-refractivity contribution in [1.29, 1.82) is 0 Å².